The van der Waals surface area contributed by atoms with E-state index in [9.17, 15) is 14.4 Å². The van der Waals surface area contributed by atoms with Gasteiger partial charge >= 0.3 is 0 Å². The van der Waals surface area contributed by atoms with Gasteiger partial charge in [0, 0.05) is 49.6 Å². The van der Waals surface area contributed by atoms with Crippen LogP contribution < -0.4 is 4.90 Å². The number of nitrogens with zero attached hydrogens (tertiary/aromatic N) is 7. The molecule has 10 heteroatoms. The van der Waals surface area contributed by atoms with Gasteiger partial charge in [-0.15, -0.1) is 10.2 Å². The summed E-state index contributed by atoms with van der Waals surface area (Å²) in [6.45, 7) is 5.16. The molecule has 8 nitrogen and oxygen atoms in total. The molecule has 180 valence electrons. The zero-order valence-electron chi connectivity index (χ0n) is 19.4. The van der Waals surface area contributed by atoms with Crippen molar-refractivity contribution in [2.45, 2.75) is 45.2 Å². The lowest BCUT2D eigenvalue weighted by Gasteiger charge is -2.40. The minimum absolute atomic E-state index is 0.0000491. The summed E-state index contributed by atoms with van der Waals surface area (Å²) >= 11 is 5.96. The first kappa shape index (κ1) is 22.2. The second kappa shape index (κ2) is 8.45. The highest BCUT2D eigenvalue weighted by atomic mass is 35.5. The number of fused-ring (bicyclic) bond motifs is 2. The molecule has 3 aliphatic rings. The summed E-state index contributed by atoms with van der Waals surface area (Å²) in [5.41, 5.74) is 1.20. The topological polar surface area (TPSA) is 90.9 Å². The summed E-state index contributed by atoms with van der Waals surface area (Å²) in [6, 6.07) is 5.40. The van der Waals surface area contributed by atoms with Gasteiger partial charge in [0.1, 0.15) is 17.4 Å². The molecule has 0 N–H and O–H groups in total. The van der Waals surface area contributed by atoms with Crippen LogP contribution in [0.15, 0.2) is 18.3 Å². The van der Waals surface area contributed by atoms with Gasteiger partial charge in [-0.1, -0.05) is 18.5 Å². The van der Waals surface area contributed by atoms with Crippen molar-refractivity contribution in [2.75, 3.05) is 24.5 Å². The molecule has 0 unspecified atom stereocenters. The van der Waals surface area contributed by atoms with Crippen molar-refractivity contribution < 1.29 is 9.18 Å². The maximum Gasteiger partial charge on any atom is 0.226 e. The zero-order valence-corrected chi connectivity index (χ0v) is 20.2. The van der Waals surface area contributed by atoms with Gasteiger partial charge in [0.05, 0.1) is 22.8 Å². The molecule has 2 aromatic heterocycles. The number of carbonyl (C=O) groups excluding carboxylic acids is 1. The lowest BCUT2D eigenvalue weighted by Crippen LogP contribution is -2.49. The Morgan fingerprint density at radius 1 is 1.20 bits per heavy atom. The molecule has 1 aromatic carbocycles. The third kappa shape index (κ3) is 3.71. The number of halogens is 2. The Labute approximate surface area is 207 Å². The third-order valence-corrected chi connectivity index (χ3v) is 7.89. The van der Waals surface area contributed by atoms with E-state index < -0.39 is 5.82 Å². The van der Waals surface area contributed by atoms with Crippen LogP contribution in [0.1, 0.15) is 49.3 Å². The van der Waals surface area contributed by atoms with Gasteiger partial charge in [-0.3, -0.25) is 9.78 Å². The number of nitriles is 1. The van der Waals surface area contributed by atoms with Crippen LogP contribution in [-0.2, 0) is 17.9 Å². The SMILES string of the molecule is C[C@@H]1CN(c2c(C#N)cnc3c(F)c(Cl)ccc23)CC[C@@H]1C(=O)N1CCn2c(nnc2C2CC2)C1. The highest BCUT2D eigenvalue weighted by molar-refractivity contribution is 6.31. The fourth-order valence-corrected chi connectivity index (χ4v) is 5.73. The lowest BCUT2D eigenvalue weighted by atomic mass is 9.85. The van der Waals surface area contributed by atoms with Crippen molar-refractivity contribution >= 4 is 34.1 Å². The summed E-state index contributed by atoms with van der Waals surface area (Å²) in [4.78, 5) is 21.7. The molecule has 1 amide bonds. The highest BCUT2D eigenvalue weighted by Crippen LogP contribution is 2.40. The van der Waals surface area contributed by atoms with Gasteiger partial charge in [0.2, 0.25) is 5.91 Å². The van der Waals surface area contributed by atoms with Crippen LogP contribution in [-0.4, -0.2) is 50.2 Å². The standard InChI is InChI=1S/C25H25ClFN7O/c1-14-12-32(23-16(10-28)11-29-22-18(23)4-5-19(26)21(22)27)7-6-17(14)25(35)33-8-9-34-20(13-33)30-31-24(34)15-2-3-15/h4-5,11,14-15,17H,2-3,6-9,12-13H2,1H3/t14-,17+/m1/s1. The molecule has 2 aliphatic heterocycles. The van der Waals surface area contributed by atoms with Crippen LogP contribution in [0.5, 0.6) is 0 Å². The number of hydrogen-bond acceptors (Lipinski definition) is 6. The second-order valence-corrected chi connectivity index (χ2v) is 10.3. The summed E-state index contributed by atoms with van der Waals surface area (Å²) in [5, 5.41) is 19.0. The minimum Gasteiger partial charge on any atom is -0.370 e. The van der Waals surface area contributed by atoms with Crippen LogP contribution in [0.25, 0.3) is 10.9 Å². The molecule has 0 spiro atoms. The normalized spacial score (nSPS) is 22.2. The first-order valence-corrected chi connectivity index (χ1v) is 12.5. The fourth-order valence-electron chi connectivity index (χ4n) is 5.58. The number of benzene rings is 1. The van der Waals surface area contributed by atoms with Crippen molar-refractivity contribution in [3.8, 4) is 6.07 Å². The molecule has 35 heavy (non-hydrogen) atoms. The number of pyridine rings is 1. The Morgan fingerprint density at radius 3 is 2.77 bits per heavy atom. The number of carbonyl (C=O) groups is 1. The quantitative estimate of drug-likeness (QED) is 0.550. The van der Waals surface area contributed by atoms with Crippen LogP contribution in [0.4, 0.5) is 10.1 Å². The third-order valence-electron chi connectivity index (χ3n) is 7.60. The molecule has 2 atom stereocenters. The molecule has 2 fully saturated rings. The Hall–Kier alpha value is -3.25. The monoisotopic (exact) mass is 493 g/mol. The molecule has 3 aromatic rings. The average molecular weight is 494 g/mol. The van der Waals surface area contributed by atoms with Crippen LogP contribution in [0.2, 0.25) is 5.02 Å². The van der Waals surface area contributed by atoms with E-state index in [1.165, 1.54) is 25.1 Å². The van der Waals surface area contributed by atoms with E-state index >= 15 is 0 Å². The number of hydrogen-bond donors (Lipinski definition) is 0. The van der Waals surface area contributed by atoms with Gasteiger partial charge in [-0.2, -0.15) is 5.26 Å². The van der Waals surface area contributed by atoms with E-state index in [0.29, 0.717) is 55.2 Å². The predicted octanol–water partition coefficient (Wildman–Crippen LogP) is 3.87. The van der Waals surface area contributed by atoms with E-state index in [4.69, 9.17) is 11.6 Å². The van der Waals surface area contributed by atoms with Gasteiger partial charge < -0.3 is 14.4 Å². The van der Waals surface area contributed by atoms with Crippen molar-refractivity contribution in [2.24, 2.45) is 11.8 Å². The largest absolute Gasteiger partial charge is 0.370 e. The fraction of sp³-hybridized carbons (Fsp3) is 0.480. The predicted molar refractivity (Wildman–Crippen MR) is 128 cm³/mol. The van der Waals surface area contributed by atoms with E-state index in [0.717, 1.165) is 18.2 Å². The number of amides is 1. The number of piperidine rings is 1. The van der Waals surface area contributed by atoms with Gasteiger partial charge in [-0.25, -0.2) is 4.39 Å². The van der Waals surface area contributed by atoms with Crippen molar-refractivity contribution in [1.82, 2.24) is 24.6 Å². The molecule has 1 aliphatic carbocycles. The first-order chi connectivity index (χ1) is 17.0. The average Bonchev–Trinajstić information content (AvgIpc) is 3.63. The maximum atomic E-state index is 14.6. The Kier molecular flexibility index (Phi) is 5.37. The Morgan fingerprint density at radius 2 is 2.03 bits per heavy atom. The van der Waals surface area contributed by atoms with Crippen LogP contribution in [0.3, 0.4) is 0 Å². The summed E-state index contributed by atoms with van der Waals surface area (Å²) < 4.78 is 16.8. The number of anilines is 1. The summed E-state index contributed by atoms with van der Waals surface area (Å²) in [6.07, 6.45) is 4.41. The lowest BCUT2D eigenvalue weighted by molar-refractivity contribution is -0.139. The molecular formula is C25H25ClFN7O. The van der Waals surface area contributed by atoms with Crippen molar-refractivity contribution in [1.29, 1.82) is 5.26 Å². The maximum absolute atomic E-state index is 14.6. The second-order valence-electron chi connectivity index (χ2n) is 9.87. The molecule has 0 radical (unpaired) electrons. The summed E-state index contributed by atoms with van der Waals surface area (Å²) in [7, 11) is 0. The van der Waals surface area contributed by atoms with E-state index in [2.05, 4.69) is 37.6 Å². The van der Waals surface area contributed by atoms with Crippen LogP contribution >= 0.6 is 11.6 Å². The van der Waals surface area contributed by atoms with Crippen molar-refractivity contribution in [3.05, 3.63) is 46.4 Å². The minimum atomic E-state index is -0.587. The number of rotatable bonds is 3. The molecule has 0 bridgehead atoms. The molecule has 4 heterocycles. The van der Waals surface area contributed by atoms with Gasteiger partial charge in [-0.05, 0) is 37.3 Å². The van der Waals surface area contributed by atoms with Crippen LogP contribution in [0, 0.1) is 29.0 Å². The Bertz CT molecular complexity index is 1380. The van der Waals surface area contributed by atoms with Gasteiger partial charge in [0.15, 0.2) is 11.6 Å². The number of aromatic nitrogens is 4. The molecular weight excluding hydrogens is 469 g/mol. The zero-order chi connectivity index (χ0) is 24.3. The summed E-state index contributed by atoms with van der Waals surface area (Å²) in [5.74, 6) is 1.99. The smallest absolute Gasteiger partial charge is 0.226 e. The van der Waals surface area contributed by atoms with Gasteiger partial charge in [0.25, 0.3) is 0 Å². The molecule has 1 saturated carbocycles. The first-order valence-electron chi connectivity index (χ1n) is 12.1. The van der Waals surface area contributed by atoms with E-state index in [-0.39, 0.29) is 28.3 Å². The molecule has 1 saturated heterocycles. The van der Waals surface area contributed by atoms with E-state index in [1.807, 2.05) is 4.90 Å². The van der Waals surface area contributed by atoms with Crippen molar-refractivity contribution in [3.63, 3.8) is 0 Å². The van der Waals surface area contributed by atoms with E-state index in [1.54, 1.807) is 6.07 Å². The highest BCUT2D eigenvalue weighted by Gasteiger charge is 2.38. The Balaban J connectivity index is 1.21. The molecule has 6 rings (SSSR count).